The number of carbonyl (C=O) groups is 1. The van der Waals surface area contributed by atoms with E-state index in [1.165, 1.54) is 0 Å². The summed E-state index contributed by atoms with van der Waals surface area (Å²) >= 11 is 0. The first-order valence-corrected chi connectivity index (χ1v) is 6.93. The summed E-state index contributed by atoms with van der Waals surface area (Å²) in [6, 6.07) is 14.1. The van der Waals surface area contributed by atoms with E-state index in [0.29, 0.717) is 12.6 Å². The molecule has 0 radical (unpaired) electrons. The monoisotopic (exact) mass is 271 g/mol. The molecule has 2 amide bonds. The molecule has 3 N–H and O–H groups in total. The van der Waals surface area contributed by atoms with Crippen molar-refractivity contribution in [3.63, 3.8) is 0 Å². The van der Waals surface area contributed by atoms with Crippen molar-refractivity contribution in [1.82, 2.24) is 10.6 Å². The first-order chi connectivity index (χ1) is 9.66. The topological polar surface area (TPSA) is 53.2 Å². The van der Waals surface area contributed by atoms with E-state index in [9.17, 15) is 4.79 Å². The van der Waals surface area contributed by atoms with Crippen molar-refractivity contribution in [3.8, 4) is 0 Å². The Morgan fingerprint density at radius 2 is 1.80 bits per heavy atom. The van der Waals surface area contributed by atoms with Crippen LogP contribution in [0.5, 0.6) is 0 Å². The number of hydrogen-bond acceptors (Lipinski definition) is 2. The van der Waals surface area contributed by atoms with Gasteiger partial charge in [0.05, 0.1) is 5.69 Å². The molecule has 2 rings (SSSR count). The van der Waals surface area contributed by atoms with Gasteiger partial charge in [0.25, 0.3) is 0 Å². The predicted octanol–water partition coefficient (Wildman–Crippen LogP) is 2.96. The van der Waals surface area contributed by atoms with Crippen molar-refractivity contribution < 1.29 is 4.79 Å². The van der Waals surface area contributed by atoms with Crippen LogP contribution in [0.1, 0.15) is 13.8 Å². The minimum Gasteiger partial charge on any atom is -0.337 e. The third-order valence-corrected chi connectivity index (χ3v) is 3.00. The van der Waals surface area contributed by atoms with Crippen molar-refractivity contribution >= 4 is 22.5 Å². The number of rotatable bonds is 5. The van der Waals surface area contributed by atoms with Gasteiger partial charge in [0.2, 0.25) is 0 Å². The Morgan fingerprint density at radius 3 is 2.60 bits per heavy atom. The molecule has 0 aromatic heterocycles. The van der Waals surface area contributed by atoms with E-state index in [1.54, 1.807) is 0 Å². The van der Waals surface area contributed by atoms with Crippen LogP contribution in [0, 0.1) is 0 Å². The summed E-state index contributed by atoms with van der Waals surface area (Å²) in [6.45, 7) is 5.53. The van der Waals surface area contributed by atoms with Gasteiger partial charge < -0.3 is 16.0 Å². The molecule has 0 aliphatic heterocycles. The Kier molecular flexibility index (Phi) is 4.96. The summed E-state index contributed by atoms with van der Waals surface area (Å²) in [5.74, 6) is 0. The van der Waals surface area contributed by atoms with Gasteiger partial charge in [-0.1, -0.05) is 50.2 Å². The highest BCUT2D eigenvalue weighted by atomic mass is 16.2. The van der Waals surface area contributed by atoms with Crippen molar-refractivity contribution in [2.24, 2.45) is 0 Å². The van der Waals surface area contributed by atoms with Crippen LogP contribution in [0.25, 0.3) is 10.8 Å². The van der Waals surface area contributed by atoms with Gasteiger partial charge in [-0.25, -0.2) is 4.79 Å². The molecule has 0 heterocycles. The Hall–Kier alpha value is -2.07. The van der Waals surface area contributed by atoms with Crippen molar-refractivity contribution in [1.29, 1.82) is 0 Å². The fourth-order valence-corrected chi connectivity index (χ4v) is 2.04. The number of benzene rings is 2. The summed E-state index contributed by atoms with van der Waals surface area (Å²) in [7, 11) is 0. The van der Waals surface area contributed by atoms with E-state index in [2.05, 4.69) is 29.8 Å². The molecular formula is C16H21N3O. The van der Waals surface area contributed by atoms with Crippen LogP contribution < -0.4 is 16.0 Å². The number of fused-ring (bicyclic) bond motifs is 1. The van der Waals surface area contributed by atoms with Crippen LogP contribution in [0.3, 0.4) is 0 Å². The Balaban J connectivity index is 1.93. The molecule has 0 saturated heterocycles. The average Bonchev–Trinajstić information content (AvgIpc) is 2.44. The molecule has 4 heteroatoms. The first-order valence-electron chi connectivity index (χ1n) is 6.93. The van der Waals surface area contributed by atoms with Crippen LogP contribution in [-0.2, 0) is 0 Å². The number of hydrogen-bond donors (Lipinski definition) is 3. The third kappa shape index (κ3) is 3.96. The number of anilines is 1. The van der Waals surface area contributed by atoms with Crippen LogP contribution in [0.4, 0.5) is 10.5 Å². The molecule has 0 unspecified atom stereocenters. The molecule has 20 heavy (non-hydrogen) atoms. The van der Waals surface area contributed by atoms with Gasteiger partial charge in [-0.05, 0) is 11.5 Å². The summed E-state index contributed by atoms with van der Waals surface area (Å²) < 4.78 is 0. The fraction of sp³-hybridized carbons (Fsp3) is 0.312. The molecule has 0 aliphatic carbocycles. The maximum atomic E-state index is 11.9. The van der Waals surface area contributed by atoms with E-state index in [-0.39, 0.29) is 6.03 Å². The fourth-order valence-electron chi connectivity index (χ4n) is 2.04. The smallest absolute Gasteiger partial charge is 0.319 e. The van der Waals surface area contributed by atoms with E-state index in [0.717, 1.165) is 23.0 Å². The lowest BCUT2D eigenvalue weighted by atomic mass is 10.1. The molecular weight excluding hydrogens is 250 g/mol. The van der Waals surface area contributed by atoms with Gasteiger partial charge in [0.1, 0.15) is 0 Å². The van der Waals surface area contributed by atoms with Gasteiger partial charge in [0.15, 0.2) is 0 Å². The third-order valence-electron chi connectivity index (χ3n) is 3.00. The summed E-state index contributed by atoms with van der Waals surface area (Å²) in [5, 5.41) is 11.1. The zero-order chi connectivity index (χ0) is 14.4. The van der Waals surface area contributed by atoms with Crippen LogP contribution in [-0.4, -0.2) is 25.2 Å². The van der Waals surface area contributed by atoms with E-state index in [1.807, 2.05) is 42.5 Å². The highest BCUT2D eigenvalue weighted by molar-refractivity contribution is 6.01. The summed E-state index contributed by atoms with van der Waals surface area (Å²) in [5.41, 5.74) is 0.831. The maximum absolute atomic E-state index is 11.9. The second-order valence-electron chi connectivity index (χ2n) is 5.02. The Morgan fingerprint density at radius 1 is 1.05 bits per heavy atom. The zero-order valence-electron chi connectivity index (χ0n) is 11.9. The molecule has 106 valence electrons. The van der Waals surface area contributed by atoms with Gasteiger partial charge in [-0.3, -0.25) is 0 Å². The highest BCUT2D eigenvalue weighted by Crippen LogP contribution is 2.22. The molecule has 0 spiro atoms. The molecule has 0 bridgehead atoms. The standard InChI is InChI=1S/C16H21N3O/c1-12(2)17-10-11-18-16(20)19-15-9-5-7-13-6-3-4-8-14(13)15/h3-9,12,17H,10-11H2,1-2H3,(H2,18,19,20). The number of nitrogens with one attached hydrogen (secondary N) is 3. The van der Waals surface area contributed by atoms with Crippen molar-refractivity contribution in [2.45, 2.75) is 19.9 Å². The number of amides is 2. The average molecular weight is 271 g/mol. The highest BCUT2D eigenvalue weighted by Gasteiger charge is 2.04. The van der Waals surface area contributed by atoms with Crippen molar-refractivity contribution in [3.05, 3.63) is 42.5 Å². The van der Waals surface area contributed by atoms with Crippen LogP contribution >= 0.6 is 0 Å². The molecule has 0 saturated carbocycles. The SMILES string of the molecule is CC(C)NCCNC(=O)Nc1cccc2ccccc12. The molecule has 0 atom stereocenters. The quantitative estimate of drug-likeness (QED) is 0.732. The number of carbonyl (C=O) groups excluding carboxylic acids is 1. The normalized spacial score (nSPS) is 10.8. The molecule has 0 aliphatic rings. The van der Waals surface area contributed by atoms with Gasteiger partial charge >= 0.3 is 6.03 Å². The lowest BCUT2D eigenvalue weighted by Crippen LogP contribution is -2.36. The molecule has 2 aromatic carbocycles. The summed E-state index contributed by atoms with van der Waals surface area (Å²) in [6.07, 6.45) is 0. The minimum absolute atomic E-state index is 0.174. The van der Waals surface area contributed by atoms with E-state index >= 15 is 0 Å². The lowest BCUT2D eigenvalue weighted by Gasteiger charge is -2.11. The second-order valence-corrected chi connectivity index (χ2v) is 5.02. The minimum atomic E-state index is -0.174. The Labute approximate surface area is 119 Å². The maximum Gasteiger partial charge on any atom is 0.319 e. The van der Waals surface area contributed by atoms with Crippen LogP contribution in [0.2, 0.25) is 0 Å². The second kappa shape index (κ2) is 6.91. The summed E-state index contributed by atoms with van der Waals surface area (Å²) in [4.78, 5) is 11.9. The van der Waals surface area contributed by atoms with E-state index in [4.69, 9.17) is 0 Å². The first kappa shape index (κ1) is 14.3. The zero-order valence-corrected chi connectivity index (χ0v) is 11.9. The molecule has 2 aromatic rings. The predicted molar refractivity (Wildman–Crippen MR) is 84.1 cm³/mol. The van der Waals surface area contributed by atoms with Gasteiger partial charge in [0, 0.05) is 24.5 Å². The largest absolute Gasteiger partial charge is 0.337 e. The van der Waals surface area contributed by atoms with Crippen molar-refractivity contribution in [2.75, 3.05) is 18.4 Å². The molecule has 0 fully saturated rings. The van der Waals surface area contributed by atoms with Gasteiger partial charge in [-0.2, -0.15) is 0 Å². The van der Waals surface area contributed by atoms with Gasteiger partial charge in [-0.15, -0.1) is 0 Å². The number of urea groups is 1. The van der Waals surface area contributed by atoms with E-state index < -0.39 is 0 Å². The lowest BCUT2D eigenvalue weighted by molar-refractivity contribution is 0.252. The Bertz CT molecular complexity index is 575. The molecule has 4 nitrogen and oxygen atoms in total. The van der Waals surface area contributed by atoms with Crippen LogP contribution in [0.15, 0.2) is 42.5 Å².